The topological polar surface area (TPSA) is 66.9 Å². The Bertz CT molecular complexity index is 836. The fourth-order valence-electron chi connectivity index (χ4n) is 2.39. The minimum Gasteiger partial charge on any atom is -0.352 e. The number of carbonyl (C=O) groups is 1. The fourth-order valence-corrected chi connectivity index (χ4v) is 2.51. The lowest BCUT2D eigenvalue weighted by atomic mass is 10.1. The van der Waals surface area contributed by atoms with Crippen molar-refractivity contribution in [3.05, 3.63) is 88.7 Å². The number of aromatic nitrogens is 2. The normalized spacial score (nSPS) is 10.3. The van der Waals surface area contributed by atoms with Crippen LogP contribution in [0.5, 0.6) is 0 Å². The molecule has 0 atom stereocenters. The van der Waals surface area contributed by atoms with Crippen molar-refractivity contribution in [1.82, 2.24) is 15.3 Å². The fraction of sp³-hybridized carbons (Fsp3) is 0.150. The quantitative estimate of drug-likeness (QED) is 0.668. The molecule has 1 heterocycles. The molecule has 0 aliphatic carbocycles. The molecule has 26 heavy (non-hydrogen) atoms. The number of carbonyl (C=O) groups excluding carboxylic acids is 1. The first-order chi connectivity index (χ1) is 12.7. The van der Waals surface area contributed by atoms with Gasteiger partial charge >= 0.3 is 0 Å². The predicted molar refractivity (Wildman–Crippen MR) is 103 cm³/mol. The van der Waals surface area contributed by atoms with Gasteiger partial charge in [-0.15, -0.1) is 0 Å². The van der Waals surface area contributed by atoms with Crippen molar-refractivity contribution in [2.75, 3.05) is 11.9 Å². The summed E-state index contributed by atoms with van der Waals surface area (Å²) in [5, 5.41) is 6.70. The second kappa shape index (κ2) is 8.97. The number of amides is 1. The van der Waals surface area contributed by atoms with Crippen LogP contribution < -0.4 is 10.6 Å². The maximum atomic E-state index is 12.1. The van der Waals surface area contributed by atoms with Gasteiger partial charge in [-0.05, 0) is 29.7 Å². The molecule has 1 amide bonds. The molecular weight excluding hydrogens is 348 g/mol. The van der Waals surface area contributed by atoms with E-state index in [4.69, 9.17) is 11.6 Å². The van der Waals surface area contributed by atoms with Crippen molar-refractivity contribution in [3.63, 3.8) is 0 Å². The van der Waals surface area contributed by atoms with E-state index < -0.39 is 0 Å². The summed E-state index contributed by atoms with van der Waals surface area (Å²) in [7, 11) is 0. The van der Waals surface area contributed by atoms with Gasteiger partial charge in [-0.1, -0.05) is 54.1 Å². The Hall–Kier alpha value is -2.92. The van der Waals surface area contributed by atoms with Gasteiger partial charge in [-0.2, -0.15) is 0 Å². The highest BCUT2D eigenvalue weighted by atomic mass is 35.5. The van der Waals surface area contributed by atoms with Gasteiger partial charge in [0.1, 0.15) is 0 Å². The summed E-state index contributed by atoms with van der Waals surface area (Å²) in [5.74, 6) is 0.306. The minimum absolute atomic E-state index is 0.187. The van der Waals surface area contributed by atoms with Gasteiger partial charge in [0.25, 0.3) is 5.91 Å². The number of hydrogen-bond acceptors (Lipinski definition) is 4. The van der Waals surface area contributed by atoms with Crippen molar-refractivity contribution < 1.29 is 4.79 Å². The van der Waals surface area contributed by atoms with Crippen LogP contribution in [0.25, 0.3) is 0 Å². The monoisotopic (exact) mass is 366 g/mol. The van der Waals surface area contributed by atoms with Gasteiger partial charge in [0.15, 0.2) is 0 Å². The Balaban J connectivity index is 1.46. The van der Waals surface area contributed by atoms with Crippen LogP contribution in [0, 0.1) is 0 Å². The van der Waals surface area contributed by atoms with E-state index in [-0.39, 0.29) is 5.91 Å². The molecule has 0 fully saturated rings. The van der Waals surface area contributed by atoms with Gasteiger partial charge < -0.3 is 10.6 Å². The molecule has 0 spiro atoms. The molecule has 0 saturated carbocycles. The zero-order valence-corrected chi connectivity index (χ0v) is 14.9. The minimum atomic E-state index is -0.187. The first-order valence-electron chi connectivity index (χ1n) is 8.33. The van der Waals surface area contributed by atoms with Crippen LogP contribution in [0.3, 0.4) is 0 Å². The second-order valence-corrected chi connectivity index (χ2v) is 6.20. The third-order valence-electron chi connectivity index (χ3n) is 3.82. The Labute approximate surface area is 157 Å². The highest BCUT2D eigenvalue weighted by molar-refractivity contribution is 6.30. The van der Waals surface area contributed by atoms with Crippen LogP contribution >= 0.6 is 11.6 Å². The summed E-state index contributed by atoms with van der Waals surface area (Å²) in [6.07, 6.45) is 3.79. The van der Waals surface area contributed by atoms with Gasteiger partial charge in [0.2, 0.25) is 5.95 Å². The van der Waals surface area contributed by atoms with Crippen LogP contribution in [0.1, 0.15) is 21.5 Å². The number of rotatable bonds is 7. The zero-order valence-electron chi connectivity index (χ0n) is 14.2. The third kappa shape index (κ3) is 5.29. The molecule has 2 aromatic carbocycles. The summed E-state index contributed by atoms with van der Waals surface area (Å²) in [4.78, 5) is 20.5. The predicted octanol–water partition coefficient (Wildman–Crippen LogP) is 3.71. The van der Waals surface area contributed by atoms with E-state index in [0.717, 1.165) is 17.5 Å². The summed E-state index contributed by atoms with van der Waals surface area (Å²) in [6.45, 7) is 1.17. The van der Waals surface area contributed by atoms with E-state index in [1.807, 2.05) is 54.6 Å². The molecule has 0 aliphatic rings. The average molecular weight is 367 g/mol. The number of benzene rings is 2. The van der Waals surface area contributed by atoms with Crippen LogP contribution in [0.2, 0.25) is 5.02 Å². The molecule has 1 aromatic heterocycles. The molecule has 0 saturated heterocycles. The molecule has 0 aliphatic heterocycles. The Morgan fingerprint density at radius 1 is 0.923 bits per heavy atom. The van der Waals surface area contributed by atoms with Crippen molar-refractivity contribution in [2.24, 2.45) is 0 Å². The Morgan fingerprint density at radius 3 is 2.31 bits per heavy atom. The number of nitrogens with one attached hydrogen (secondary N) is 2. The molecular formula is C20H19ClN4O. The lowest BCUT2D eigenvalue weighted by Crippen LogP contribution is -2.26. The van der Waals surface area contributed by atoms with Crippen molar-refractivity contribution in [3.8, 4) is 0 Å². The molecule has 0 unspecified atom stereocenters. The van der Waals surface area contributed by atoms with Crippen molar-refractivity contribution >= 4 is 23.5 Å². The average Bonchev–Trinajstić information content (AvgIpc) is 2.69. The first-order valence-corrected chi connectivity index (χ1v) is 8.71. The molecule has 6 heteroatoms. The van der Waals surface area contributed by atoms with E-state index >= 15 is 0 Å². The maximum Gasteiger partial charge on any atom is 0.254 e. The van der Waals surface area contributed by atoms with Gasteiger partial charge in [-0.25, -0.2) is 9.97 Å². The Morgan fingerprint density at radius 2 is 1.62 bits per heavy atom. The van der Waals surface area contributed by atoms with E-state index in [9.17, 15) is 4.79 Å². The number of anilines is 1. The highest BCUT2D eigenvalue weighted by Crippen LogP contribution is 2.09. The van der Waals surface area contributed by atoms with Crippen LogP contribution in [0.4, 0.5) is 5.95 Å². The largest absolute Gasteiger partial charge is 0.352 e. The smallest absolute Gasteiger partial charge is 0.254 e. The van der Waals surface area contributed by atoms with Crippen molar-refractivity contribution in [2.45, 2.75) is 13.0 Å². The van der Waals surface area contributed by atoms with E-state index in [1.165, 1.54) is 12.4 Å². The third-order valence-corrected chi connectivity index (χ3v) is 4.07. The van der Waals surface area contributed by atoms with Crippen LogP contribution in [-0.4, -0.2) is 22.4 Å². The molecule has 132 valence electrons. The zero-order chi connectivity index (χ0) is 18.2. The molecule has 2 N–H and O–H groups in total. The lowest BCUT2D eigenvalue weighted by Gasteiger charge is -2.07. The highest BCUT2D eigenvalue weighted by Gasteiger charge is 2.07. The van der Waals surface area contributed by atoms with Gasteiger partial charge in [0.05, 0.1) is 5.56 Å². The molecule has 0 radical (unpaired) electrons. The number of halogens is 1. The summed E-state index contributed by atoms with van der Waals surface area (Å²) < 4.78 is 0. The van der Waals surface area contributed by atoms with Crippen LogP contribution in [-0.2, 0) is 13.0 Å². The van der Waals surface area contributed by atoms with Crippen LogP contribution in [0.15, 0.2) is 67.0 Å². The molecule has 3 aromatic rings. The van der Waals surface area contributed by atoms with Crippen molar-refractivity contribution in [1.29, 1.82) is 0 Å². The molecule has 3 rings (SSSR count). The van der Waals surface area contributed by atoms with E-state index in [0.29, 0.717) is 29.6 Å². The SMILES string of the molecule is O=C(NCCc1ccc(Cl)cc1)c1cnc(NCc2ccccc2)nc1. The van der Waals surface area contributed by atoms with Gasteiger partial charge in [0, 0.05) is 30.5 Å². The van der Waals surface area contributed by atoms with E-state index in [2.05, 4.69) is 20.6 Å². The number of hydrogen-bond donors (Lipinski definition) is 2. The molecule has 5 nitrogen and oxygen atoms in total. The Kier molecular flexibility index (Phi) is 6.17. The summed E-state index contributed by atoms with van der Waals surface area (Å²) in [6, 6.07) is 17.6. The maximum absolute atomic E-state index is 12.1. The van der Waals surface area contributed by atoms with E-state index in [1.54, 1.807) is 0 Å². The molecule has 0 bridgehead atoms. The number of nitrogens with zero attached hydrogens (tertiary/aromatic N) is 2. The lowest BCUT2D eigenvalue weighted by molar-refractivity contribution is 0.0953. The standard InChI is InChI=1S/C20H19ClN4O/c21-18-8-6-15(7-9-18)10-11-22-19(26)17-13-24-20(25-14-17)23-12-16-4-2-1-3-5-16/h1-9,13-14H,10-12H2,(H,22,26)(H,23,24,25). The second-order valence-electron chi connectivity index (χ2n) is 5.77. The van der Waals surface area contributed by atoms with Gasteiger partial charge in [-0.3, -0.25) is 4.79 Å². The summed E-state index contributed by atoms with van der Waals surface area (Å²) in [5.41, 5.74) is 2.69. The summed E-state index contributed by atoms with van der Waals surface area (Å²) >= 11 is 5.86. The first kappa shape index (κ1) is 17.9.